The highest BCUT2D eigenvalue weighted by atomic mass is 32.2. The van der Waals surface area contributed by atoms with Crippen molar-refractivity contribution in [3.05, 3.63) is 52.2 Å². The summed E-state index contributed by atoms with van der Waals surface area (Å²) >= 11 is 1.75. The number of guanidine groups is 1. The Bertz CT molecular complexity index is 767. The molecule has 1 atom stereocenters. The number of nitrogens with zero attached hydrogens (tertiary/aromatic N) is 1. The molecule has 7 heteroatoms. The van der Waals surface area contributed by atoms with Gasteiger partial charge in [0.15, 0.2) is 15.8 Å². The SMILES string of the molecule is CN=C(NCc1ccc(S(C)(=O)=O)cc1)NCC(C)c1cccs1. The fourth-order valence-electron chi connectivity index (χ4n) is 2.18. The van der Waals surface area contributed by atoms with Crippen molar-refractivity contribution < 1.29 is 8.42 Å². The van der Waals surface area contributed by atoms with Crippen LogP contribution in [-0.2, 0) is 16.4 Å². The quantitative estimate of drug-likeness (QED) is 0.610. The van der Waals surface area contributed by atoms with Crippen LogP contribution in [0.2, 0.25) is 0 Å². The minimum absolute atomic E-state index is 0.332. The van der Waals surface area contributed by atoms with Crippen LogP contribution in [0.1, 0.15) is 23.3 Å². The van der Waals surface area contributed by atoms with Crippen LogP contribution in [0.25, 0.3) is 0 Å². The van der Waals surface area contributed by atoms with Gasteiger partial charge >= 0.3 is 0 Å². The molecular formula is C17H23N3O2S2. The number of nitrogens with one attached hydrogen (secondary N) is 2. The molecule has 1 aromatic carbocycles. The van der Waals surface area contributed by atoms with Gasteiger partial charge in [0.25, 0.3) is 0 Å². The highest BCUT2D eigenvalue weighted by Gasteiger charge is 2.08. The van der Waals surface area contributed by atoms with Crippen LogP contribution in [0.5, 0.6) is 0 Å². The number of sulfone groups is 1. The van der Waals surface area contributed by atoms with Crippen molar-refractivity contribution in [2.75, 3.05) is 19.8 Å². The van der Waals surface area contributed by atoms with Gasteiger partial charge < -0.3 is 10.6 Å². The van der Waals surface area contributed by atoms with E-state index < -0.39 is 9.84 Å². The van der Waals surface area contributed by atoms with E-state index in [-0.39, 0.29) is 0 Å². The third-order valence-electron chi connectivity index (χ3n) is 3.64. The van der Waals surface area contributed by atoms with Gasteiger partial charge in [-0.3, -0.25) is 4.99 Å². The van der Waals surface area contributed by atoms with E-state index in [2.05, 4.69) is 40.1 Å². The van der Waals surface area contributed by atoms with Gasteiger partial charge in [0.2, 0.25) is 0 Å². The summed E-state index contributed by atoms with van der Waals surface area (Å²) in [7, 11) is -1.42. The van der Waals surface area contributed by atoms with Crippen LogP contribution in [0.3, 0.4) is 0 Å². The lowest BCUT2D eigenvalue weighted by molar-refractivity contribution is 0.602. The topological polar surface area (TPSA) is 70.6 Å². The number of hydrogen-bond acceptors (Lipinski definition) is 4. The Labute approximate surface area is 147 Å². The maximum atomic E-state index is 11.5. The summed E-state index contributed by atoms with van der Waals surface area (Å²) in [6, 6.07) is 11.1. The Kier molecular flexibility index (Phi) is 6.39. The molecule has 0 fully saturated rings. The average molecular weight is 366 g/mol. The van der Waals surface area contributed by atoms with Crippen LogP contribution in [0.15, 0.2) is 51.7 Å². The van der Waals surface area contributed by atoms with Crippen molar-refractivity contribution in [1.82, 2.24) is 10.6 Å². The minimum atomic E-state index is -3.15. The molecule has 1 unspecified atom stereocenters. The van der Waals surface area contributed by atoms with Crippen LogP contribution < -0.4 is 10.6 Å². The summed E-state index contributed by atoms with van der Waals surface area (Å²) in [6.07, 6.45) is 1.21. The number of rotatable bonds is 6. The van der Waals surface area contributed by atoms with Gasteiger partial charge in [-0.2, -0.15) is 0 Å². The third-order valence-corrected chi connectivity index (χ3v) is 5.87. The fraction of sp³-hybridized carbons (Fsp3) is 0.353. The van der Waals surface area contributed by atoms with Gasteiger partial charge in [-0.25, -0.2) is 8.42 Å². The normalized spacial score (nSPS) is 13.5. The molecule has 2 rings (SSSR count). The Balaban J connectivity index is 1.85. The first-order chi connectivity index (χ1) is 11.4. The van der Waals surface area contributed by atoms with Gasteiger partial charge in [0.1, 0.15) is 0 Å². The van der Waals surface area contributed by atoms with Gasteiger partial charge in [0.05, 0.1) is 4.90 Å². The van der Waals surface area contributed by atoms with Crippen LogP contribution in [0.4, 0.5) is 0 Å². The number of thiophene rings is 1. The summed E-state index contributed by atoms with van der Waals surface area (Å²) in [5.74, 6) is 1.14. The van der Waals surface area contributed by atoms with E-state index in [1.54, 1.807) is 30.5 Å². The van der Waals surface area contributed by atoms with E-state index in [0.717, 1.165) is 18.1 Å². The minimum Gasteiger partial charge on any atom is -0.356 e. The fourth-order valence-corrected chi connectivity index (χ4v) is 3.60. The van der Waals surface area contributed by atoms with Crippen molar-refractivity contribution in [2.24, 2.45) is 4.99 Å². The van der Waals surface area contributed by atoms with Gasteiger partial charge in [-0.05, 0) is 29.1 Å². The Morgan fingerprint density at radius 3 is 2.46 bits per heavy atom. The molecule has 0 saturated carbocycles. The second-order valence-electron chi connectivity index (χ2n) is 5.64. The summed E-state index contributed by atoms with van der Waals surface area (Å²) < 4.78 is 22.9. The van der Waals surface area contributed by atoms with Crippen LogP contribution >= 0.6 is 11.3 Å². The molecule has 0 spiro atoms. The lowest BCUT2D eigenvalue weighted by Crippen LogP contribution is -2.38. The first-order valence-corrected chi connectivity index (χ1v) is 10.4. The molecule has 0 aliphatic rings. The molecule has 0 amide bonds. The predicted molar refractivity (Wildman–Crippen MR) is 100 cm³/mol. The van der Waals surface area contributed by atoms with E-state index >= 15 is 0 Å². The summed E-state index contributed by atoms with van der Waals surface area (Å²) in [5, 5.41) is 8.63. The van der Waals surface area contributed by atoms with E-state index in [4.69, 9.17) is 0 Å². The molecule has 0 bridgehead atoms. The summed E-state index contributed by atoms with van der Waals surface area (Å²) in [4.78, 5) is 5.89. The maximum absolute atomic E-state index is 11.5. The largest absolute Gasteiger partial charge is 0.356 e. The lowest BCUT2D eigenvalue weighted by atomic mass is 10.1. The van der Waals surface area contributed by atoms with Crippen LogP contribution in [0, 0.1) is 0 Å². The molecule has 2 N–H and O–H groups in total. The zero-order chi connectivity index (χ0) is 17.6. The molecule has 2 aromatic rings. The highest BCUT2D eigenvalue weighted by molar-refractivity contribution is 7.90. The molecule has 5 nitrogen and oxygen atoms in total. The molecule has 24 heavy (non-hydrogen) atoms. The number of aliphatic imine (C=N–C) groups is 1. The predicted octanol–water partition coefficient (Wildman–Crippen LogP) is 2.62. The van der Waals surface area contributed by atoms with E-state index in [9.17, 15) is 8.42 Å². The van der Waals surface area contributed by atoms with Crippen LogP contribution in [-0.4, -0.2) is 34.2 Å². The van der Waals surface area contributed by atoms with Crippen molar-refractivity contribution in [2.45, 2.75) is 24.3 Å². The van der Waals surface area contributed by atoms with Crippen molar-refractivity contribution >= 4 is 27.1 Å². The van der Waals surface area contributed by atoms with E-state index in [0.29, 0.717) is 17.4 Å². The Morgan fingerprint density at radius 2 is 1.92 bits per heavy atom. The molecule has 0 aliphatic heterocycles. The number of benzene rings is 1. The first kappa shape index (κ1) is 18.5. The molecule has 0 radical (unpaired) electrons. The molecule has 0 saturated heterocycles. The molecule has 1 heterocycles. The smallest absolute Gasteiger partial charge is 0.191 e. The van der Waals surface area contributed by atoms with Gasteiger partial charge in [-0.1, -0.05) is 25.1 Å². The van der Waals surface area contributed by atoms with E-state index in [1.165, 1.54) is 11.1 Å². The second-order valence-corrected chi connectivity index (χ2v) is 8.63. The second kappa shape index (κ2) is 8.30. The standard InChI is InChI=1S/C17H23N3O2S2/c1-13(16-5-4-10-23-16)11-19-17(18-2)20-12-14-6-8-15(9-7-14)24(3,21)22/h4-10,13H,11-12H2,1-3H3,(H2,18,19,20). The molecule has 1 aromatic heterocycles. The van der Waals surface area contributed by atoms with Crippen molar-refractivity contribution in [3.8, 4) is 0 Å². The first-order valence-electron chi connectivity index (χ1n) is 7.67. The zero-order valence-corrected chi connectivity index (χ0v) is 15.7. The highest BCUT2D eigenvalue weighted by Crippen LogP contribution is 2.19. The maximum Gasteiger partial charge on any atom is 0.191 e. The molecular weight excluding hydrogens is 342 g/mol. The Morgan fingerprint density at radius 1 is 1.21 bits per heavy atom. The molecule has 130 valence electrons. The Hall–Kier alpha value is -1.86. The van der Waals surface area contributed by atoms with Crippen molar-refractivity contribution in [1.29, 1.82) is 0 Å². The van der Waals surface area contributed by atoms with Gasteiger partial charge in [0, 0.05) is 37.2 Å². The average Bonchev–Trinajstić information content (AvgIpc) is 3.09. The van der Waals surface area contributed by atoms with E-state index in [1.807, 2.05) is 12.1 Å². The zero-order valence-electron chi connectivity index (χ0n) is 14.1. The monoisotopic (exact) mass is 365 g/mol. The lowest BCUT2D eigenvalue weighted by Gasteiger charge is -2.15. The van der Waals surface area contributed by atoms with Crippen molar-refractivity contribution in [3.63, 3.8) is 0 Å². The number of hydrogen-bond donors (Lipinski definition) is 2. The summed E-state index contributed by atoms with van der Waals surface area (Å²) in [5.41, 5.74) is 0.997. The van der Waals surface area contributed by atoms with Gasteiger partial charge in [-0.15, -0.1) is 11.3 Å². The summed E-state index contributed by atoms with van der Waals surface area (Å²) in [6.45, 7) is 3.56. The third kappa shape index (κ3) is 5.35. The molecule has 0 aliphatic carbocycles.